The molecule has 0 amide bonds. The van der Waals surface area contributed by atoms with Crippen LogP contribution in [-0.2, 0) is 31.3 Å². The first kappa shape index (κ1) is 37.3. The minimum absolute atomic E-state index is 0. The van der Waals surface area contributed by atoms with E-state index in [9.17, 15) is 9.90 Å². The van der Waals surface area contributed by atoms with Crippen molar-refractivity contribution in [2.75, 3.05) is 0 Å². The molecule has 1 aromatic heterocycles. The molecule has 0 saturated carbocycles. The first-order valence-corrected chi connectivity index (χ1v) is 15.9. The van der Waals surface area contributed by atoms with E-state index in [1.54, 1.807) is 6.33 Å². The molecule has 44 heavy (non-hydrogen) atoms. The van der Waals surface area contributed by atoms with Gasteiger partial charge in [0, 0.05) is 42.4 Å². The molecule has 239 valence electrons. The van der Waals surface area contributed by atoms with Crippen molar-refractivity contribution in [3.05, 3.63) is 83.4 Å². The van der Waals surface area contributed by atoms with Crippen LogP contribution in [0, 0.1) is 36.7 Å². The van der Waals surface area contributed by atoms with Crippen LogP contribution in [0.15, 0.2) is 60.6 Å². The Kier molecular flexibility index (Phi) is 13.5. The number of aryl methyl sites for hydroxylation is 2. The molecule has 0 atom stereocenters. The summed E-state index contributed by atoms with van der Waals surface area (Å²) in [5.41, 5.74) is 6.15. The third-order valence-corrected chi connectivity index (χ3v) is 9.37. The molecular formula is C39H51IrN2O2-. The number of nitrogens with zero attached hydrogens (tertiary/aromatic N) is 2. The van der Waals surface area contributed by atoms with Crippen molar-refractivity contribution >= 4 is 27.5 Å². The summed E-state index contributed by atoms with van der Waals surface area (Å²) in [7, 11) is 0. The number of aliphatic hydroxyl groups is 1. The van der Waals surface area contributed by atoms with Gasteiger partial charge >= 0.3 is 0 Å². The number of fused-ring (bicyclic) bond motifs is 3. The van der Waals surface area contributed by atoms with Gasteiger partial charge in [-0.1, -0.05) is 99.6 Å². The number of rotatable bonds is 10. The molecule has 3 aromatic carbocycles. The topological polar surface area (TPSA) is 63.1 Å². The quantitative estimate of drug-likeness (QED) is 0.0755. The fraction of sp³-hybridized carbons (Fsp3) is 0.462. The maximum atomic E-state index is 12.2. The summed E-state index contributed by atoms with van der Waals surface area (Å²) in [5, 5.41) is 13.7. The van der Waals surface area contributed by atoms with Gasteiger partial charge in [0.05, 0.1) is 5.52 Å². The van der Waals surface area contributed by atoms with Crippen LogP contribution in [0.5, 0.6) is 0 Å². The normalized spacial score (nSPS) is 12.2. The molecule has 4 nitrogen and oxygen atoms in total. The van der Waals surface area contributed by atoms with Crippen molar-refractivity contribution in [2.45, 2.75) is 101 Å². The van der Waals surface area contributed by atoms with E-state index in [1.165, 1.54) is 28.0 Å². The predicted octanol–water partition coefficient (Wildman–Crippen LogP) is 10.7. The largest absolute Gasteiger partial charge is 0.512 e. The second-order valence-electron chi connectivity index (χ2n) is 13.0. The van der Waals surface area contributed by atoms with Crippen molar-refractivity contribution in [2.24, 2.45) is 16.7 Å². The zero-order chi connectivity index (χ0) is 31.9. The predicted molar refractivity (Wildman–Crippen MR) is 182 cm³/mol. The van der Waals surface area contributed by atoms with Gasteiger partial charge in [0.25, 0.3) is 0 Å². The van der Waals surface area contributed by atoms with E-state index < -0.39 is 0 Å². The van der Waals surface area contributed by atoms with E-state index in [-0.39, 0.29) is 42.5 Å². The van der Waals surface area contributed by atoms with Crippen molar-refractivity contribution in [1.29, 1.82) is 0 Å². The SMILES string of the molecule is CCC(C)(CC)C(=O)/C=C(\O)C(C)(CC)CC.Cc1[c-]c(-c2ncnc3c2ccc2cccc(CC(C)C)c23)cc(C)c1.[Ir]. The summed E-state index contributed by atoms with van der Waals surface area (Å²) in [6, 6.07) is 18.6. The van der Waals surface area contributed by atoms with E-state index in [0.29, 0.717) is 5.92 Å². The van der Waals surface area contributed by atoms with Gasteiger partial charge in [-0.15, -0.1) is 34.9 Å². The number of aliphatic hydroxyl groups excluding tert-OH is 1. The molecule has 0 unspecified atom stereocenters. The summed E-state index contributed by atoms with van der Waals surface area (Å²) in [6.07, 6.45) is 7.49. The Balaban J connectivity index is 0.000000331. The molecule has 0 fully saturated rings. The maximum Gasteiger partial charge on any atom is 0.164 e. The van der Waals surface area contributed by atoms with Crippen LogP contribution in [0.3, 0.4) is 0 Å². The summed E-state index contributed by atoms with van der Waals surface area (Å²) >= 11 is 0. The van der Waals surface area contributed by atoms with Gasteiger partial charge in [0.15, 0.2) is 5.78 Å². The number of carbonyl (C=O) groups excluding carboxylic acids is 1. The first-order chi connectivity index (χ1) is 20.3. The standard InChI is InChI=1S/C24H23N2.C15H28O2.Ir/c1-15(2)10-19-7-5-6-18-8-9-21-23(25-14-26-24(21)22(18)19)20-12-16(3)11-17(4)13-20;1-7-14(5,8-2)12(16)11-13(17)15(6,9-3)10-4;/h5-9,11-12,14-15H,10H2,1-4H3;11,16H,7-10H2,1-6H3;/q-1;;/b;12-11-;. The van der Waals surface area contributed by atoms with Crippen LogP contribution in [-0.4, -0.2) is 20.9 Å². The zero-order valence-corrected chi connectivity index (χ0v) is 30.8. The van der Waals surface area contributed by atoms with E-state index in [1.807, 2.05) is 41.5 Å². The van der Waals surface area contributed by atoms with Crippen molar-refractivity contribution in [3.63, 3.8) is 0 Å². The fourth-order valence-electron chi connectivity index (χ4n) is 5.50. The Morgan fingerprint density at radius 3 is 2.14 bits per heavy atom. The van der Waals surface area contributed by atoms with Crippen molar-refractivity contribution < 1.29 is 30.0 Å². The monoisotopic (exact) mass is 772 g/mol. The number of carbonyl (C=O) groups is 1. The number of aromatic nitrogens is 2. The van der Waals surface area contributed by atoms with E-state index in [4.69, 9.17) is 0 Å². The minimum atomic E-state index is -0.337. The number of ketones is 1. The smallest absolute Gasteiger partial charge is 0.164 e. The van der Waals surface area contributed by atoms with Gasteiger partial charge in [-0.3, -0.25) is 9.78 Å². The van der Waals surface area contributed by atoms with E-state index in [2.05, 4.69) is 86.2 Å². The van der Waals surface area contributed by atoms with Gasteiger partial charge in [0.1, 0.15) is 12.1 Å². The molecule has 1 heterocycles. The zero-order valence-electron chi connectivity index (χ0n) is 28.4. The molecule has 1 radical (unpaired) electrons. The average molecular weight is 772 g/mol. The van der Waals surface area contributed by atoms with Crippen LogP contribution in [0.2, 0.25) is 0 Å². The van der Waals surface area contributed by atoms with Gasteiger partial charge in [-0.05, 0) is 60.1 Å². The van der Waals surface area contributed by atoms with E-state index in [0.717, 1.165) is 59.8 Å². The molecule has 4 rings (SSSR count). The van der Waals surface area contributed by atoms with Crippen LogP contribution in [0.1, 0.15) is 97.8 Å². The van der Waals surface area contributed by atoms with Crippen molar-refractivity contribution in [3.8, 4) is 11.3 Å². The Hall–Kier alpha value is -2.88. The molecule has 0 bridgehead atoms. The third kappa shape index (κ3) is 8.43. The molecule has 0 aliphatic rings. The number of hydrogen-bond donors (Lipinski definition) is 1. The second-order valence-corrected chi connectivity index (χ2v) is 13.0. The summed E-state index contributed by atoms with van der Waals surface area (Å²) in [4.78, 5) is 21.5. The first-order valence-electron chi connectivity index (χ1n) is 15.9. The summed E-state index contributed by atoms with van der Waals surface area (Å²) in [5.74, 6) is 0.888. The average Bonchev–Trinajstić information content (AvgIpc) is 2.99. The van der Waals surface area contributed by atoms with Gasteiger partial charge in [-0.25, -0.2) is 4.98 Å². The van der Waals surface area contributed by atoms with Crippen LogP contribution in [0.25, 0.3) is 32.9 Å². The fourth-order valence-corrected chi connectivity index (χ4v) is 5.50. The number of hydrogen-bond acceptors (Lipinski definition) is 4. The van der Waals surface area contributed by atoms with Gasteiger partial charge in [-0.2, -0.15) is 0 Å². The third-order valence-electron chi connectivity index (χ3n) is 9.37. The van der Waals surface area contributed by atoms with E-state index >= 15 is 0 Å². The molecule has 0 saturated heterocycles. The van der Waals surface area contributed by atoms with Crippen LogP contribution < -0.4 is 0 Å². The van der Waals surface area contributed by atoms with Gasteiger partial charge < -0.3 is 5.11 Å². The molecule has 1 N–H and O–H groups in total. The molecule has 0 spiro atoms. The van der Waals surface area contributed by atoms with Crippen molar-refractivity contribution in [1.82, 2.24) is 9.97 Å². The molecular weight excluding hydrogens is 721 g/mol. The minimum Gasteiger partial charge on any atom is -0.512 e. The Morgan fingerprint density at radius 1 is 0.932 bits per heavy atom. The van der Waals surface area contributed by atoms with Crippen LogP contribution >= 0.6 is 0 Å². The molecule has 0 aliphatic heterocycles. The number of allylic oxidation sites excluding steroid dienone is 2. The second kappa shape index (κ2) is 15.9. The van der Waals surface area contributed by atoms with Gasteiger partial charge in [0.2, 0.25) is 0 Å². The molecule has 4 aromatic rings. The number of benzene rings is 3. The Labute approximate surface area is 279 Å². The Bertz CT molecular complexity index is 1580. The molecule has 5 heteroatoms. The maximum absolute atomic E-state index is 12.2. The summed E-state index contributed by atoms with van der Waals surface area (Å²) < 4.78 is 0. The summed E-state index contributed by atoms with van der Waals surface area (Å²) in [6.45, 7) is 20.8. The van der Waals surface area contributed by atoms with Crippen LogP contribution in [0.4, 0.5) is 0 Å². The molecule has 0 aliphatic carbocycles. The Morgan fingerprint density at radius 2 is 1.57 bits per heavy atom.